The summed E-state index contributed by atoms with van der Waals surface area (Å²) < 4.78 is 55.0. The molecule has 3 heterocycles. The normalized spacial score (nSPS) is 14.9. The summed E-state index contributed by atoms with van der Waals surface area (Å²) in [4.78, 5) is 20.1. The molecule has 0 N–H and O–H groups in total. The maximum atomic E-state index is 14.5. The minimum Gasteiger partial charge on any atom is -0.342 e. The van der Waals surface area contributed by atoms with Crippen LogP contribution in [0.15, 0.2) is 35.4 Å². The molecule has 0 amide bonds. The van der Waals surface area contributed by atoms with Crippen molar-refractivity contribution in [2.24, 2.45) is 13.0 Å². The highest BCUT2D eigenvalue weighted by molar-refractivity contribution is 5.80. The van der Waals surface area contributed by atoms with E-state index >= 15 is 0 Å². The monoisotopic (exact) mass is 474 g/mol. The molecular weight excluding hydrogens is 452 g/mol. The van der Waals surface area contributed by atoms with Gasteiger partial charge in [0.25, 0.3) is 5.56 Å². The van der Waals surface area contributed by atoms with Crippen LogP contribution in [0.25, 0.3) is 22.4 Å². The van der Waals surface area contributed by atoms with Crippen molar-refractivity contribution >= 4 is 5.95 Å². The molecule has 34 heavy (non-hydrogen) atoms. The number of aromatic nitrogens is 4. The summed E-state index contributed by atoms with van der Waals surface area (Å²) in [6.07, 6.45) is -0.361. The fourth-order valence-electron chi connectivity index (χ4n) is 4.07. The molecule has 3 aromatic rings. The van der Waals surface area contributed by atoms with E-state index in [-0.39, 0.29) is 27.9 Å². The van der Waals surface area contributed by atoms with Gasteiger partial charge in [0.15, 0.2) is 0 Å². The van der Waals surface area contributed by atoms with Gasteiger partial charge in [-0.05, 0) is 30.9 Å². The largest absolute Gasteiger partial charge is 0.408 e. The van der Waals surface area contributed by atoms with E-state index in [1.807, 2.05) is 4.90 Å². The average molecular weight is 474 g/mol. The van der Waals surface area contributed by atoms with Crippen molar-refractivity contribution in [3.8, 4) is 28.5 Å². The van der Waals surface area contributed by atoms with Gasteiger partial charge in [-0.15, -0.1) is 0 Å². The first-order valence-electron chi connectivity index (χ1n) is 10.7. The van der Waals surface area contributed by atoms with Crippen LogP contribution in [0.4, 0.5) is 23.5 Å². The van der Waals surface area contributed by atoms with Crippen molar-refractivity contribution in [1.29, 1.82) is 5.26 Å². The molecule has 4 rings (SSSR count). The molecule has 1 saturated heterocycles. The second-order valence-electron chi connectivity index (χ2n) is 8.52. The van der Waals surface area contributed by atoms with Crippen LogP contribution < -0.4 is 10.5 Å². The Morgan fingerprint density at radius 3 is 2.53 bits per heavy atom. The number of nitriles is 1. The van der Waals surface area contributed by atoms with Gasteiger partial charge in [0, 0.05) is 37.5 Å². The Balaban J connectivity index is 1.90. The zero-order chi connectivity index (χ0) is 24.6. The van der Waals surface area contributed by atoms with Crippen LogP contribution in [0, 0.1) is 23.1 Å². The van der Waals surface area contributed by atoms with E-state index in [9.17, 15) is 22.4 Å². The van der Waals surface area contributed by atoms with Crippen LogP contribution in [-0.4, -0.2) is 38.6 Å². The molecule has 0 spiro atoms. The molecule has 0 radical (unpaired) electrons. The zero-order valence-corrected chi connectivity index (χ0v) is 18.6. The Bertz CT molecular complexity index is 1310. The van der Waals surface area contributed by atoms with Gasteiger partial charge < -0.3 is 4.90 Å². The first-order valence-corrected chi connectivity index (χ1v) is 10.7. The highest BCUT2D eigenvalue weighted by atomic mass is 19.4. The van der Waals surface area contributed by atoms with E-state index < -0.39 is 24.1 Å². The lowest BCUT2D eigenvalue weighted by molar-refractivity contribution is -0.142. The summed E-state index contributed by atoms with van der Waals surface area (Å²) in [6.45, 7) is 2.21. The number of anilines is 1. The molecule has 0 aliphatic carbocycles. The molecule has 7 nitrogen and oxygen atoms in total. The lowest BCUT2D eigenvalue weighted by Crippen LogP contribution is -2.38. The third kappa shape index (κ3) is 4.66. The van der Waals surface area contributed by atoms with Gasteiger partial charge >= 0.3 is 6.18 Å². The number of piperidine rings is 1. The van der Waals surface area contributed by atoms with Gasteiger partial charge in [0.2, 0.25) is 5.95 Å². The molecule has 0 atom stereocenters. The number of halogens is 4. The molecule has 1 aliphatic rings. The lowest BCUT2D eigenvalue weighted by Gasteiger charge is -2.32. The maximum Gasteiger partial charge on any atom is 0.408 e. The van der Waals surface area contributed by atoms with Gasteiger partial charge in [0.1, 0.15) is 18.4 Å². The highest BCUT2D eigenvalue weighted by Gasteiger charge is 2.29. The Hall–Kier alpha value is -3.68. The minimum absolute atomic E-state index is 0.00848. The summed E-state index contributed by atoms with van der Waals surface area (Å²) in [7, 11) is 1.55. The van der Waals surface area contributed by atoms with E-state index in [1.54, 1.807) is 13.1 Å². The number of nitrogens with zero attached hydrogens (tertiary/aromatic N) is 6. The molecule has 1 aliphatic heterocycles. The summed E-state index contributed by atoms with van der Waals surface area (Å²) in [5.74, 6) is 0.150. The number of hydrogen-bond acceptors (Lipinski definition) is 5. The Labute approximate surface area is 192 Å². The summed E-state index contributed by atoms with van der Waals surface area (Å²) >= 11 is 0. The van der Waals surface area contributed by atoms with Crippen molar-refractivity contribution in [2.45, 2.75) is 32.5 Å². The molecule has 1 aromatic carbocycles. The Morgan fingerprint density at radius 2 is 1.91 bits per heavy atom. The first-order chi connectivity index (χ1) is 16.1. The highest BCUT2D eigenvalue weighted by Crippen LogP contribution is 2.32. The van der Waals surface area contributed by atoms with Crippen LogP contribution in [0.5, 0.6) is 0 Å². The maximum absolute atomic E-state index is 14.5. The molecule has 0 unspecified atom stereocenters. The van der Waals surface area contributed by atoms with Crippen LogP contribution in [0.3, 0.4) is 0 Å². The Morgan fingerprint density at radius 1 is 1.21 bits per heavy atom. The van der Waals surface area contributed by atoms with E-state index in [4.69, 9.17) is 5.26 Å². The summed E-state index contributed by atoms with van der Waals surface area (Å²) in [5, 5.41) is 12.8. The van der Waals surface area contributed by atoms with Gasteiger partial charge in [-0.2, -0.15) is 23.5 Å². The van der Waals surface area contributed by atoms with Crippen LogP contribution >= 0.6 is 0 Å². The van der Waals surface area contributed by atoms with E-state index in [0.717, 1.165) is 31.3 Å². The molecule has 0 saturated carbocycles. The van der Waals surface area contributed by atoms with Crippen LogP contribution in [0.2, 0.25) is 0 Å². The van der Waals surface area contributed by atoms with Crippen LogP contribution in [-0.2, 0) is 13.6 Å². The fraction of sp³-hybridized carbons (Fsp3) is 0.391. The van der Waals surface area contributed by atoms with Gasteiger partial charge in [0.05, 0.1) is 23.0 Å². The van der Waals surface area contributed by atoms with E-state index in [0.29, 0.717) is 29.6 Å². The number of benzene rings is 1. The third-order valence-electron chi connectivity index (χ3n) is 5.96. The van der Waals surface area contributed by atoms with Crippen LogP contribution in [0.1, 0.15) is 25.3 Å². The number of rotatable bonds is 4. The van der Waals surface area contributed by atoms with E-state index in [1.165, 1.54) is 16.7 Å². The minimum atomic E-state index is -4.49. The standard InChI is InChI=1S/C23H22F4N6O/c1-14-5-7-32(8-6-14)22-30-20(15-3-4-16(10-28)18(24)9-15)19(21(34)31(22)2)17-11-29-33(12-17)13-23(25,26)27/h3-4,9,11-12,14H,5-8,13H2,1-2H3. The van der Waals surface area contributed by atoms with Gasteiger partial charge in [-0.3, -0.25) is 14.0 Å². The molecule has 1 fully saturated rings. The van der Waals surface area contributed by atoms with Crippen molar-refractivity contribution < 1.29 is 17.6 Å². The third-order valence-corrected chi connectivity index (χ3v) is 5.96. The van der Waals surface area contributed by atoms with Crippen molar-refractivity contribution in [3.63, 3.8) is 0 Å². The lowest BCUT2D eigenvalue weighted by atomic mass is 9.99. The van der Waals surface area contributed by atoms with Gasteiger partial charge in [-0.25, -0.2) is 9.37 Å². The fourth-order valence-corrected chi connectivity index (χ4v) is 4.07. The zero-order valence-electron chi connectivity index (χ0n) is 18.6. The molecule has 178 valence electrons. The number of alkyl halides is 3. The average Bonchev–Trinajstić information content (AvgIpc) is 3.22. The topological polar surface area (TPSA) is 79.7 Å². The SMILES string of the molecule is CC1CCN(c2nc(-c3ccc(C#N)c(F)c3)c(-c3cnn(CC(F)(F)F)c3)c(=O)n2C)CC1. The molecular formula is C23H22F4N6O. The number of hydrogen-bond donors (Lipinski definition) is 0. The summed E-state index contributed by atoms with van der Waals surface area (Å²) in [5.41, 5.74) is -0.163. The van der Waals surface area contributed by atoms with Crippen molar-refractivity contribution in [2.75, 3.05) is 18.0 Å². The summed E-state index contributed by atoms with van der Waals surface area (Å²) in [6, 6.07) is 5.59. The predicted molar refractivity (Wildman–Crippen MR) is 117 cm³/mol. The second-order valence-corrected chi connectivity index (χ2v) is 8.52. The molecule has 0 bridgehead atoms. The second kappa shape index (κ2) is 8.93. The first kappa shape index (κ1) is 23.5. The molecule has 2 aromatic heterocycles. The van der Waals surface area contributed by atoms with Crippen molar-refractivity contribution in [1.82, 2.24) is 19.3 Å². The molecule has 11 heteroatoms. The quantitative estimate of drug-likeness (QED) is 0.532. The van der Waals surface area contributed by atoms with E-state index in [2.05, 4.69) is 17.0 Å². The Kier molecular flexibility index (Phi) is 6.17. The smallest absolute Gasteiger partial charge is 0.342 e. The predicted octanol–water partition coefficient (Wildman–Crippen LogP) is 4.12. The van der Waals surface area contributed by atoms with Crippen molar-refractivity contribution in [3.05, 3.63) is 52.3 Å². The van der Waals surface area contributed by atoms with Gasteiger partial charge in [-0.1, -0.05) is 13.0 Å².